The maximum absolute atomic E-state index is 11.9. The fourth-order valence-corrected chi connectivity index (χ4v) is 3.01. The van der Waals surface area contributed by atoms with Crippen molar-refractivity contribution in [3.05, 3.63) is 29.8 Å². The maximum Gasteiger partial charge on any atom is 0.232 e. The fourth-order valence-electron chi connectivity index (χ4n) is 1.63. The van der Waals surface area contributed by atoms with E-state index in [1.807, 2.05) is 33.0 Å². The Morgan fingerprint density at radius 1 is 1.11 bits per heavy atom. The highest BCUT2D eigenvalue weighted by molar-refractivity contribution is 7.92. The van der Waals surface area contributed by atoms with Crippen LogP contribution >= 0.6 is 0 Å². The van der Waals surface area contributed by atoms with Crippen molar-refractivity contribution < 1.29 is 8.42 Å². The van der Waals surface area contributed by atoms with E-state index < -0.39 is 10.0 Å². The van der Waals surface area contributed by atoms with Crippen LogP contribution in [0.4, 0.5) is 5.69 Å². The van der Waals surface area contributed by atoms with Crippen molar-refractivity contribution in [2.75, 3.05) is 17.5 Å². The van der Waals surface area contributed by atoms with E-state index in [1.165, 1.54) is 0 Å². The summed E-state index contributed by atoms with van der Waals surface area (Å²) in [5.41, 5.74) is 1.75. The van der Waals surface area contributed by atoms with Crippen LogP contribution in [0.15, 0.2) is 24.3 Å². The van der Waals surface area contributed by atoms with Gasteiger partial charge >= 0.3 is 0 Å². The van der Waals surface area contributed by atoms with Gasteiger partial charge in [-0.15, -0.1) is 0 Å². The van der Waals surface area contributed by atoms with Gasteiger partial charge in [0.2, 0.25) is 10.0 Å². The lowest BCUT2D eigenvalue weighted by Gasteiger charge is -2.12. The zero-order valence-corrected chi connectivity index (χ0v) is 12.9. The molecule has 1 aromatic rings. The third-order valence-corrected chi connectivity index (χ3v) is 4.40. The van der Waals surface area contributed by atoms with E-state index in [1.54, 1.807) is 12.1 Å². The van der Waals surface area contributed by atoms with Crippen LogP contribution in [0.1, 0.15) is 38.8 Å². The van der Waals surface area contributed by atoms with Gasteiger partial charge in [-0.1, -0.05) is 26.0 Å². The monoisotopic (exact) mass is 284 g/mol. The van der Waals surface area contributed by atoms with Crippen molar-refractivity contribution in [1.82, 2.24) is 5.32 Å². The molecule has 1 atom stereocenters. The molecule has 0 amide bonds. The summed E-state index contributed by atoms with van der Waals surface area (Å²) in [6.45, 7) is 6.09. The van der Waals surface area contributed by atoms with E-state index in [0.717, 1.165) is 5.56 Å². The molecular formula is C14H24N2O2S. The van der Waals surface area contributed by atoms with E-state index in [9.17, 15) is 8.42 Å². The summed E-state index contributed by atoms with van der Waals surface area (Å²) < 4.78 is 26.3. The summed E-state index contributed by atoms with van der Waals surface area (Å²) in [6.07, 6.45) is 0.671. The Balaban J connectivity index is 2.67. The molecule has 0 aliphatic heterocycles. The summed E-state index contributed by atoms with van der Waals surface area (Å²) in [7, 11) is -1.34. The van der Waals surface area contributed by atoms with Crippen LogP contribution < -0.4 is 10.0 Å². The number of hydrogen-bond acceptors (Lipinski definition) is 3. The highest BCUT2D eigenvalue weighted by Gasteiger charge is 2.11. The molecule has 1 unspecified atom stereocenters. The van der Waals surface area contributed by atoms with Crippen LogP contribution in [-0.2, 0) is 10.0 Å². The van der Waals surface area contributed by atoms with Gasteiger partial charge in [0, 0.05) is 11.7 Å². The molecule has 5 heteroatoms. The zero-order valence-electron chi connectivity index (χ0n) is 12.1. The summed E-state index contributed by atoms with van der Waals surface area (Å²) >= 11 is 0. The average Bonchev–Trinajstić information content (AvgIpc) is 2.36. The first kappa shape index (κ1) is 16.0. The lowest BCUT2D eigenvalue weighted by atomic mass is 10.1. The highest BCUT2D eigenvalue weighted by atomic mass is 32.2. The zero-order chi connectivity index (χ0) is 14.5. The summed E-state index contributed by atoms with van der Waals surface area (Å²) in [5, 5.41) is 3.14. The van der Waals surface area contributed by atoms with Crippen molar-refractivity contribution in [3.63, 3.8) is 0 Å². The van der Waals surface area contributed by atoms with E-state index in [4.69, 9.17) is 0 Å². The molecule has 1 aromatic carbocycles. The number of anilines is 1. The first-order valence-electron chi connectivity index (χ1n) is 6.62. The number of hydrogen-bond donors (Lipinski definition) is 2. The predicted octanol–water partition coefficient (Wildman–Crippen LogP) is 2.75. The number of nitrogens with one attached hydrogen (secondary N) is 2. The fraction of sp³-hybridized carbons (Fsp3) is 0.571. The average molecular weight is 284 g/mol. The topological polar surface area (TPSA) is 58.2 Å². The Morgan fingerprint density at radius 2 is 1.68 bits per heavy atom. The molecule has 0 radical (unpaired) electrons. The first-order valence-corrected chi connectivity index (χ1v) is 8.27. The van der Waals surface area contributed by atoms with Crippen LogP contribution in [0.2, 0.25) is 0 Å². The van der Waals surface area contributed by atoms with Crippen LogP contribution in [0.25, 0.3) is 0 Å². The van der Waals surface area contributed by atoms with Crippen molar-refractivity contribution in [2.24, 2.45) is 5.92 Å². The summed E-state index contributed by atoms with van der Waals surface area (Å²) in [6, 6.07) is 7.72. The highest BCUT2D eigenvalue weighted by Crippen LogP contribution is 2.17. The quantitative estimate of drug-likeness (QED) is 0.809. The van der Waals surface area contributed by atoms with E-state index in [2.05, 4.69) is 17.0 Å². The van der Waals surface area contributed by atoms with Gasteiger partial charge in [0.25, 0.3) is 0 Å². The summed E-state index contributed by atoms with van der Waals surface area (Å²) in [5.74, 6) is 0.551. The van der Waals surface area contributed by atoms with E-state index in [-0.39, 0.29) is 11.8 Å². The minimum atomic E-state index is -3.23. The van der Waals surface area contributed by atoms with Crippen molar-refractivity contribution in [2.45, 2.75) is 33.2 Å². The van der Waals surface area contributed by atoms with Gasteiger partial charge in [-0.2, -0.15) is 0 Å². The van der Waals surface area contributed by atoms with Crippen LogP contribution in [0.5, 0.6) is 0 Å². The third-order valence-electron chi connectivity index (χ3n) is 3.08. The van der Waals surface area contributed by atoms with Gasteiger partial charge in [0.15, 0.2) is 0 Å². The second-order valence-corrected chi connectivity index (χ2v) is 7.08. The molecule has 19 heavy (non-hydrogen) atoms. The molecule has 0 aliphatic carbocycles. The molecule has 4 nitrogen and oxygen atoms in total. The second-order valence-electron chi connectivity index (χ2n) is 5.24. The van der Waals surface area contributed by atoms with Gasteiger partial charge in [0.1, 0.15) is 0 Å². The van der Waals surface area contributed by atoms with Crippen molar-refractivity contribution in [1.29, 1.82) is 0 Å². The van der Waals surface area contributed by atoms with Gasteiger partial charge < -0.3 is 5.32 Å². The smallest absolute Gasteiger partial charge is 0.232 e. The van der Waals surface area contributed by atoms with Crippen LogP contribution in [0, 0.1) is 5.92 Å². The molecule has 0 aliphatic rings. The van der Waals surface area contributed by atoms with Gasteiger partial charge in [-0.05, 0) is 44.0 Å². The van der Waals surface area contributed by atoms with E-state index >= 15 is 0 Å². The molecule has 0 saturated heterocycles. The molecule has 0 saturated carbocycles. The Bertz CT molecular complexity index is 481. The van der Waals surface area contributed by atoms with Gasteiger partial charge in [-0.3, -0.25) is 4.72 Å². The number of rotatable bonds is 7. The van der Waals surface area contributed by atoms with Crippen LogP contribution in [0.3, 0.4) is 0 Å². The number of benzene rings is 1. The second kappa shape index (κ2) is 6.91. The Hall–Kier alpha value is -1.07. The minimum Gasteiger partial charge on any atom is -0.313 e. The van der Waals surface area contributed by atoms with Gasteiger partial charge in [0.05, 0.1) is 5.75 Å². The number of sulfonamides is 1. The third kappa shape index (κ3) is 5.61. The molecule has 0 bridgehead atoms. The van der Waals surface area contributed by atoms with Crippen molar-refractivity contribution in [3.8, 4) is 0 Å². The molecule has 1 rings (SSSR count). The molecular weight excluding hydrogens is 260 g/mol. The molecule has 0 aromatic heterocycles. The molecule has 0 heterocycles. The molecule has 0 fully saturated rings. The minimum absolute atomic E-state index is 0.166. The van der Waals surface area contributed by atoms with Crippen molar-refractivity contribution >= 4 is 15.7 Å². The Kier molecular flexibility index (Phi) is 5.82. The summed E-state index contributed by atoms with van der Waals surface area (Å²) in [4.78, 5) is 0. The van der Waals surface area contributed by atoms with E-state index in [0.29, 0.717) is 18.0 Å². The predicted molar refractivity (Wildman–Crippen MR) is 80.8 cm³/mol. The first-order chi connectivity index (χ1) is 8.84. The van der Waals surface area contributed by atoms with Crippen LogP contribution in [-0.4, -0.2) is 21.2 Å². The molecule has 0 spiro atoms. The molecule has 108 valence electrons. The largest absolute Gasteiger partial charge is 0.313 e. The normalized spacial score (nSPS) is 13.5. The SMILES string of the molecule is CNC(C)c1ccc(NS(=O)(=O)CCC(C)C)cc1. The Morgan fingerprint density at radius 3 is 2.16 bits per heavy atom. The van der Waals surface area contributed by atoms with Gasteiger partial charge in [-0.25, -0.2) is 8.42 Å². The lowest BCUT2D eigenvalue weighted by molar-refractivity contribution is 0.578. The standard InChI is InChI=1S/C14H24N2O2S/c1-11(2)9-10-19(17,18)16-14-7-5-13(6-8-14)12(3)15-4/h5-8,11-12,15-16H,9-10H2,1-4H3. The Labute approximate surface area is 116 Å². The maximum atomic E-state index is 11.9. The molecule has 2 N–H and O–H groups in total. The lowest BCUT2D eigenvalue weighted by Crippen LogP contribution is -2.18.